The number of hydrogen-bond donors (Lipinski definition) is 0. The van der Waals surface area contributed by atoms with Crippen LogP contribution in [-0.2, 0) is 19.1 Å². The van der Waals surface area contributed by atoms with Gasteiger partial charge in [0, 0.05) is 24.8 Å². The van der Waals surface area contributed by atoms with Crippen molar-refractivity contribution in [1.82, 2.24) is 4.98 Å². The summed E-state index contributed by atoms with van der Waals surface area (Å²) in [5, 5.41) is 0. The lowest BCUT2D eigenvalue weighted by Crippen LogP contribution is -2.32. The van der Waals surface area contributed by atoms with Crippen LogP contribution in [0.5, 0.6) is 0 Å². The number of ketones is 1. The zero-order chi connectivity index (χ0) is 16.6. The van der Waals surface area contributed by atoms with Crippen molar-refractivity contribution >= 4 is 11.6 Å². The van der Waals surface area contributed by atoms with Gasteiger partial charge in [-0.25, -0.2) is 4.98 Å². The molecule has 3 nitrogen and oxygen atoms in total. The maximum Gasteiger partial charge on any atom is 0.416 e. The highest BCUT2D eigenvalue weighted by molar-refractivity contribution is 5.94. The van der Waals surface area contributed by atoms with Gasteiger partial charge in [0.15, 0.2) is 5.78 Å². The number of rotatable bonds is 2. The highest BCUT2D eigenvalue weighted by atomic mass is 19.4. The number of fused-ring (bicyclic) bond motifs is 1. The Balaban J connectivity index is 1.97. The van der Waals surface area contributed by atoms with Crippen LogP contribution in [-0.4, -0.2) is 17.3 Å². The number of carbonyl (C=O) groups is 1. The Morgan fingerprint density at radius 1 is 1.26 bits per heavy atom. The monoisotopic (exact) mass is 320 g/mol. The molecule has 2 heterocycles. The Morgan fingerprint density at radius 2 is 2.04 bits per heavy atom. The minimum absolute atomic E-state index is 0.0953. The first-order valence-electron chi connectivity index (χ1n) is 7.26. The quantitative estimate of drug-likeness (QED) is 0.788. The molecule has 2 aromatic rings. The molecule has 0 atom stereocenters. The van der Waals surface area contributed by atoms with E-state index in [0.717, 1.165) is 11.6 Å². The van der Waals surface area contributed by atoms with Crippen LogP contribution >= 0.6 is 0 Å². The lowest BCUT2D eigenvalue weighted by molar-refractivity contribution is -0.138. The van der Waals surface area contributed by atoms with Gasteiger partial charge in [-0.05, 0) is 42.7 Å². The van der Waals surface area contributed by atoms with E-state index in [2.05, 4.69) is 4.98 Å². The summed E-state index contributed by atoms with van der Waals surface area (Å²) < 4.78 is 39.6. The molecule has 1 aromatic heterocycles. The normalized spacial score (nSPS) is 14.5. The molecule has 0 amide bonds. The first-order chi connectivity index (χ1) is 10.9. The Bertz CT molecular complexity index is 756. The van der Waals surface area contributed by atoms with Crippen molar-refractivity contribution in [2.75, 3.05) is 11.4 Å². The van der Waals surface area contributed by atoms with Crippen molar-refractivity contribution < 1.29 is 18.0 Å². The first kappa shape index (κ1) is 15.5. The van der Waals surface area contributed by atoms with Crippen LogP contribution in [0.3, 0.4) is 0 Å². The standard InChI is InChI=1S/C17H15F3N2O/c1-11(23)13-5-7-21-16(9-13)22-8-6-12-3-2-4-15(14(12)10-22)17(18,19)20/h2-5,7,9H,6,8,10H2,1H3. The summed E-state index contributed by atoms with van der Waals surface area (Å²) in [6, 6.07) is 7.53. The van der Waals surface area contributed by atoms with Crippen LogP contribution in [0, 0.1) is 0 Å². The lowest BCUT2D eigenvalue weighted by atomic mass is 9.94. The second kappa shape index (κ2) is 5.68. The summed E-state index contributed by atoms with van der Waals surface area (Å²) >= 11 is 0. The van der Waals surface area contributed by atoms with E-state index in [4.69, 9.17) is 0 Å². The largest absolute Gasteiger partial charge is 0.416 e. The molecule has 0 bridgehead atoms. The summed E-state index contributed by atoms with van der Waals surface area (Å²) in [5.41, 5.74) is 0.924. The molecule has 3 rings (SSSR count). The number of nitrogens with zero attached hydrogens (tertiary/aromatic N) is 2. The highest BCUT2D eigenvalue weighted by Crippen LogP contribution is 2.36. The summed E-state index contributed by atoms with van der Waals surface area (Å²) in [6.07, 6.45) is -2.34. The molecule has 120 valence electrons. The second-order valence-corrected chi connectivity index (χ2v) is 5.57. The number of Topliss-reactive ketones (excluding diaryl/α,β-unsaturated/α-hetero) is 1. The Labute approximate surface area is 131 Å². The number of halogens is 3. The fourth-order valence-corrected chi connectivity index (χ4v) is 2.85. The van der Waals surface area contributed by atoms with E-state index < -0.39 is 11.7 Å². The van der Waals surface area contributed by atoms with Gasteiger partial charge in [-0.15, -0.1) is 0 Å². The maximum absolute atomic E-state index is 13.2. The fraction of sp³-hybridized carbons (Fsp3) is 0.294. The number of hydrogen-bond acceptors (Lipinski definition) is 3. The predicted molar refractivity (Wildman–Crippen MR) is 80.4 cm³/mol. The molecular weight excluding hydrogens is 305 g/mol. The Morgan fingerprint density at radius 3 is 2.74 bits per heavy atom. The SMILES string of the molecule is CC(=O)c1ccnc(N2CCc3cccc(C(F)(F)F)c3C2)c1. The lowest BCUT2D eigenvalue weighted by Gasteiger charge is -2.31. The fourth-order valence-electron chi connectivity index (χ4n) is 2.85. The first-order valence-corrected chi connectivity index (χ1v) is 7.26. The molecule has 1 aliphatic heterocycles. The zero-order valence-corrected chi connectivity index (χ0v) is 12.5. The third kappa shape index (κ3) is 3.06. The van der Waals surface area contributed by atoms with Crippen LogP contribution in [0.25, 0.3) is 0 Å². The summed E-state index contributed by atoms with van der Waals surface area (Å²) in [6.45, 7) is 2.16. The van der Waals surface area contributed by atoms with Crippen LogP contribution in [0.2, 0.25) is 0 Å². The molecule has 23 heavy (non-hydrogen) atoms. The van der Waals surface area contributed by atoms with Crippen molar-refractivity contribution in [1.29, 1.82) is 0 Å². The van der Waals surface area contributed by atoms with E-state index in [9.17, 15) is 18.0 Å². The van der Waals surface area contributed by atoms with Crippen molar-refractivity contribution in [2.24, 2.45) is 0 Å². The molecule has 6 heteroatoms. The second-order valence-electron chi connectivity index (χ2n) is 5.57. The van der Waals surface area contributed by atoms with E-state index >= 15 is 0 Å². The van der Waals surface area contributed by atoms with Gasteiger partial charge in [-0.2, -0.15) is 13.2 Å². The topological polar surface area (TPSA) is 33.2 Å². The number of alkyl halides is 3. The van der Waals surface area contributed by atoms with Crippen molar-refractivity contribution in [3.8, 4) is 0 Å². The highest BCUT2D eigenvalue weighted by Gasteiger charge is 2.35. The van der Waals surface area contributed by atoms with Gasteiger partial charge in [0.2, 0.25) is 0 Å². The number of carbonyl (C=O) groups excluding carboxylic acids is 1. The average Bonchev–Trinajstić information content (AvgIpc) is 2.53. The van der Waals surface area contributed by atoms with Gasteiger partial charge in [0.1, 0.15) is 5.82 Å². The van der Waals surface area contributed by atoms with Gasteiger partial charge in [0.05, 0.1) is 5.56 Å². The minimum Gasteiger partial charge on any atom is -0.352 e. The van der Waals surface area contributed by atoms with Crippen LogP contribution < -0.4 is 4.90 Å². The van der Waals surface area contributed by atoms with E-state index in [-0.39, 0.29) is 12.3 Å². The smallest absolute Gasteiger partial charge is 0.352 e. The Kier molecular flexibility index (Phi) is 3.83. The summed E-state index contributed by atoms with van der Waals surface area (Å²) in [5.74, 6) is 0.433. The van der Waals surface area contributed by atoms with Gasteiger partial charge >= 0.3 is 6.18 Å². The molecule has 1 aromatic carbocycles. The van der Waals surface area contributed by atoms with E-state index in [1.807, 2.05) is 0 Å². The summed E-state index contributed by atoms with van der Waals surface area (Å²) in [4.78, 5) is 17.5. The molecule has 0 unspecified atom stereocenters. The molecule has 0 aliphatic carbocycles. The molecule has 0 fully saturated rings. The van der Waals surface area contributed by atoms with Crippen molar-refractivity contribution in [2.45, 2.75) is 26.1 Å². The van der Waals surface area contributed by atoms with Crippen LogP contribution in [0.15, 0.2) is 36.5 Å². The van der Waals surface area contributed by atoms with Crippen LogP contribution in [0.4, 0.5) is 19.0 Å². The van der Waals surface area contributed by atoms with Crippen molar-refractivity contribution in [3.63, 3.8) is 0 Å². The molecule has 0 spiro atoms. The number of aromatic nitrogens is 1. The molecule has 1 aliphatic rings. The third-order valence-corrected chi connectivity index (χ3v) is 4.05. The van der Waals surface area contributed by atoms with Crippen LogP contribution in [0.1, 0.15) is 34.0 Å². The molecular formula is C17H15F3N2O. The van der Waals surface area contributed by atoms with E-state index in [0.29, 0.717) is 29.9 Å². The Hall–Kier alpha value is -2.37. The maximum atomic E-state index is 13.2. The van der Waals surface area contributed by atoms with Gasteiger partial charge in [-0.1, -0.05) is 12.1 Å². The van der Waals surface area contributed by atoms with Gasteiger partial charge < -0.3 is 4.90 Å². The third-order valence-electron chi connectivity index (χ3n) is 4.05. The van der Waals surface area contributed by atoms with E-state index in [1.165, 1.54) is 19.2 Å². The van der Waals surface area contributed by atoms with Gasteiger partial charge in [-0.3, -0.25) is 4.79 Å². The van der Waals surface area contributed by atoms with Gasteiger partial charge in [0.25, 0.3) is 0 Å². The summed E-state index contributed by atoms with van der Waals surface area (Å²) in [7, 11) is 0. The number of pyridine rings is 1. The van der Waals surface area contributed by atoms with E-state index in [1.54, 1.807) is 23.1 Å². The molecule has 0 saturated carbocycles. The number of benzene rings is 1. The molecule has 0 N–H and O–H groups in total. The number of anilines is 1. The predicted octanol–water partition coefficient (Wildman–Crippen LogP) is 3.87. The average molecular weight is 320 g/mol. The molecule has 0 radical (unpaired) electrons. The zero-order valence-electron chi connectivity index (χ0n) is 12.5. The minimum atomic E-state index is -4.37. The van der Waals surface area contributed by atoms with Crippen molar-refractivity contribution in [3.05, 3.63) is 58.8 Å². The molecule has 0 saturated heterocycles.